The van der Waals surface area contributed by atoms with Gasteiger partial charge in [-0.25, -0.2) is 0 Å². The first kappa shape index (κ1) is 25.1. The standard InChI is InChI=1S/C29H29ClN2O5/c1-32-20-10-6-12-22(33)27(20)26(28-21(32)11-7-13-23(28)34)17-14-19(30)29(24(15-17)36-2)37-16-25(35)31-18-8-4-3-5-9-18/h3-5,8-9,14-15,26H,6-7,10-13,16H2,1-2H3,(H,31,35). The number of hydrogen-bond acceptors (Lipinski definition) is 6. The zero-order chi connectivity index (χ0) is 26.1. The molecule has 2 aromatic rings. The third kappa shape index (κ3) is 4.76. The van der Waals surface area contributed by atoms with Crippen LogP contribution in [0, 0.1) is 0 Å². The van der Waals surface area contributed by atoms with Gasteiger partial charge >= 0.3 is 0 Å². The molecule has 5 rings (SSSR count). The topological polar surface area (TPSA) is 84.9 Å². The van der Waals surface area contributed by atoms with E-state index in [1.807, 2.05) is 25.2 Å². The predicted octanol–water partition coefficient (Wildman–Crippen LogP) is 5.41. The Hall–Kier alpha value is -3.58. The van der Waals surface area contributed by atoms with Crippen LogP contribution < -0.4 is 14.8 Å². The van der Waals surface area contributed by atoms with Gasteiger partial charge in [-0.2, -0.15) is 0 Å². The molecule has 0 atom stereocenters. The van der Waals surface area contributed by atoms with Gasteiger partial charge in [-0.05, 0) is 55.5 Å². The second-order valence-electron chi connectivity index (χ2n) is 9.50. The van der Waals surface area contributed by atoms with Crippen molar-refractivity contribution in [2.75, 3.05) is 26.1 Å². The van der Waals surface area contributed by atoms with Crippen LogP contribution in [0.15, 0.2) is 65.0 Å². The van der Waals surface area contributed by atoms with Crippen LogP contribution in [-0.4, -0.2) is 43.1 Å². The molecule has 3 aliphatic rings. The number of anilines is 1. The summed E-state index contributed by atoms with van der Waals surface area (Å²) in [6, 6.07) is 12.6. The largest absolute Gasteiger partial charge is 0.493 e. The molecule has 0 radical (unpaired) electrons. The van der Waals surface area contributed by atoms with Crippen molar-refractivity contribution in [1.82, 2.24) is 4.90 Å². The van der Waals surface area contributed by atoms with Gasteiger partial charge in [0.05, 0.1) is 12.1 Å². The maximum atomic E-state index is 13.2. The normalized spacial score (nSPS) is 18.0. The molecular formula is C29H29ClN2O5. The second-order valence-corrected chi connectivity index (χ2v) is 9.91. The van der Waals surface area contributed by atoms with E-state index in [0.717, 1.165) is 37.1 Å². The number of para-hydroxylation sites is 1. The Labute approximate surface area is 221 Å². The van der Waals surface area contributed by atoms with Gasteiger partial charge in [0.1, 0.15) is 0 Å². The lowest BCUT2D eigenvalue weighted by molar-refractivity contribution is -0.118. The molecule has 8 heteroatoms. The minimum atomic E-state index is -0.497. The summed E-state index contributed by atoms with van der Waals surface area (Å²) in [7, 11) is 3.46. The molecule has 0 spiro atoms. The van der Waals surface area contributed by atoms with Crippen molar-refractivity contribution >= 4 is 34.8 Å². The molecule has 192 valence electrons. The van der Waals surface area contributed by atoms with E-state index in [-0.39, 0.29) is 34.9 Å². The molecule has 0 fully saturated rings. The molecule has 0 bridgehead atoms. The average molecular weight is 521 g/mol. The number of halogens is 1. The number of nitrogens with zero attached hydrogens (tertiary/aromatic N) is 1. The highest BCUT2D eigenvalue weighted by Gasteiger charge is 2.42. The molecule has 0 unspecified atom stereocenters. The highest BCUT2D eigenvalue weighted by Crippen LogP contribution is 2.50. The van der Waals surface area contributed by atoms with E-state index in [9.17, 15) is 14.4 Å². The van der Waals surface area contributed by atoms with Crippen LogP contribution in [0.1, 0.15) is 50.0 Å². The number of benzene rings is 2. The zero-order valence-corrected chi connectivity index (χ0v) is 21.7. The summed E-state index contributed by atoms with van der Waals surface area (Å²) in [6.45, 7) is -0.264. The SMILES string of the molecule is COc1cc(C2C3=C(CCCC3=O)N(C)C3=C2C(=O)CCC3)cc(Cl)c1OCC(=O)Nc1ccccc1. The smallest absolute Gasteiger partial charge is 0.262 e. The van der Waals surface area contributed by atoms with Crippen LogP contribution >= 0.6 is 11.6 Å². The number of hydrogen-bond donors (Lipinski definition) is 1. The fourth-order valence-corrected chi connectivity index (χ4v) is 5.86. The number of ether oxygens (including phenoxy) is 2. The van der Waals surface area contributed by atoms with Crippen molar-refractivity contribution in [2.45, 2.75) is 44.4 Å². The molecule has 1 heterocycles. The first-order valence-electron chi connectivity index (χ1n) is 12.5. The Balaban J connectivity index is 1.49. The molecule has 0 saturated carbocycles. The molecular weight excluding hydrogens is 492 g/mol. The van der Waals surface area contributed by atoms with Crippen LogP contribution in [0.4, 0.5) is 5.69 Å². The van der Waals surface area contributed by atoms with Gasteiger partial charge < -0.3 is 19.7 Å². The van der Waals surface area contributed by atoms with Crippen LogP contribution in [0.25, 0.3) is 0 Å². The lowest BCUT2D eigenvalue weighted by Gasteiger charge is -2.42. The monoisotopic (exact) mass is 520 g/mol. The molecule has 1 aliphatic heterocycles. The van der Waals surface area contributed by atoms with Crippen molar-refractivity contribution in [3.05, 3.63) is 75.6 Å². The number of amides is 1. The first-order valence-corrected chi connectivity index (χ1v) is 12.9. The summed E-state index contributed by atoms with van der Waals surface area (Å²) in [6.07, 6.45) is 4.11. The Morgan fingerprint density at radius 2 is 1.62 bits per heavy atom. The number of allylic oxidation sites excluding steroid dienone is 4. The van der Waals surface area contributed by atoms with E-state index in [1.54, 1.807) is 24.3 Å². The van der Waals surface area contributed by atoms with Crippen molar-refractivity contribution in [3.63, 3.8) is 0 Å². The Morgan fingerprint density at radius 3 is 2.22 bits per heavy atom. The molecule has 1 amide bonds. The average Bonchev–Trinajstić information content (AvgIpc) is 2.89. The molecule has 37 heavy (non-hydrogen) atoms. The highest BCUT2D eigenvalue weighted by molar-refractivity contribution is 6.32. The molecule has 1 N–H and O–H groups in total. The van der Waals surface area contributed by atoms with Gasteiger partial charge in [-0.3, -0.25) is 14.4 Å². The molecule has 7 nitrogen and oxygen atoms in total. The van der Waals surface area contributed by atoms with E-state index in [4.69, 9.17) is 21.1 Å². The number of nitrogens with one attached hydrogen (secondary N) is 1. The highest BCUT2D eigenvalue weighted by atomic mass is 35.5. The number of carbonyl (C=O) groups is 3. The van der Waals surface area contributed by atoms with E-state index in [0.29, 0.717) is 41.0 Å². The summed E-state index contributed by atoms with van der Waals surface area (Å²) in [5.41, 5.74) is 4.70. The van der Waals surface area contributed by atoms with Gasteiger partial charge in [-0.15, -0.1) is 0 Å². The molecule has 2 aliphatic carbocycles. The number of carbonyl (C=O) groups excluding carboxylic acids is 3. The van der Waals surface area contributed by atoms with Crippen LogP contribution in [0.2, 0.25) is 5.02 Å². The van der Waals surface area contributed by atoms with Gasteiger partial charge in [-0.1, -0.05) is 29.8 Å². The lowest BCUT2D eigenvalue weighted by atomic mass is 9.71. The first-order chi connectivity index (χ1) is 17.9. The fraction of sp³-hybridized carbons (Fsp3) is 0.345. The number of ketones is 2. The van der Waals surface area contributed by atoms with Gasteiger partial charge in [0.15, 0.2) is 29.7 Å². The minimum absolute atomic E-state index is 0.0658. The number of methoxy groups -OCH3 is 1. The van der Waals surface area contributed by atoms with E-state index >= 15 is 0 Å². The van der Waals surface area contributed by atoms with E-state index < -0.39 is 5.92 Å². The summed E-state index contributed by atoms with van der Waals surface area (Å²) in [4.78, 5) is 40.9. The summed E-state index contributed by atoms with van der Waals surface area (Å²) in [5, 5.41) is 3.02. The molecule has 0 aromatic heterocycles. The minimum Gasteiger partial charge on any atom is -0.493 e. The Kier molecular flexibility index (Phi) is 7.07. The van der Waals surface area contributed by atoms with Crippen molar-refractivity contribution in [2.24, 2.45) is 0 Å². The molecule has 0 saturated heterocycles. The van der Waals surface area contributed by atoms with E-state index in [2.05, 4.69) is 10.2 Å². The Bertz CT molecular complexity index is 1290. The summed E-state index contributed by atoms with van der Waals surface area (Å²) in [5.74, 6) is -0.133. The Morgan fingerprint density at radius 1 is 1.00 bits per heavy atom. The predicted molar refractivity (Wildman–Crippen MR) is 141 cm³/mol. The third-order valence-electron chi connectivity index (χ3n) is 7.23. The summed E-state index contributed by atoms with van der Waals surface area (Å²) >= 11 is 6.68. The van der Waals surface area contributed by atoms with Crippen molar-refractivity contribution in [3.8, 4) is 11.5 Å². The second kappa shape index (κ2) is 10.4. The van der Waals surface area contributed by atoms with Crippen LogP contribution in [0.3, 0.4) is 0 Å². The molecule has 2 aromatic carbocycles. The zero-order valence-electron chi connectivity index (χ0n) is 20.9. The van der Waals surface area contributed by atoms with Gasteiger partial charge in [0, 0.05) is 54.0 Å². The summed E-state index contributed by atoms with van der Waals surface area (Å²) < 4.78 is 11.4. The van der Waals surface area contributed by atoms with Crippen molar-refractivity contribution < 1.29 is 23.9 Å². The maximum Gasteiger partial charge on any atom is 0.262 e. The number of Topliss-reactive ketones (excluding diaryl/α,β-unsaturated/α-hetero) is 2. The van der Waals surface area contributed by atoms with Gasteiger partial charge in [0.25, 0.3) is 5.91 Å². The van der Waals surface area contributed by atoms with Gasteiger partial charge in [0.2, 0.25) is 0 Å². The lowest BCUT2D eigenvalue weighted by Crippen LogP contribution is -2.37. The quantitative estimate of drug-likeness (QED) is 0.548. The van der Waals surface area contributed by atoms with Crippen LogP contribution in [-0.2, 0) is 14.4 Å². The maximum absolute atomic E-state index is 13.2. The third-order valence-corrected chi connectivity index (χ3v) is 7.52. The van der Waals surface area contributed by atoms with Crippen LogP contribution in [0.5, 0.6) is 11.5 Å². The fourth-order valence-electron chi connectivity index (χ4n) is 5.59. The number of rotatable bonds is 6. The van der Waals surface area contributed by atoms with Crippen molar-refractivity contribution in [1.29, 1.82) is 0 Å². The van der Waals surface area contributed by atoms with E-state index in [1.165, 1.54) is 7.11 Å².